The Labute approximate surface area is 152 Å². The Morgan fingerprint density at radius 2 is 1.00 bits per heavy atom. The average molecular weight is 361 g/mol. The lowest BCUT2D eigenvalue weighted by atomic mass is 10.1. The lowest BCUT2D eigenvalue weighted by Gasteiger charge is -2.06. The summed E-state index contributed by atoms with van der Waals surface area (Å²) in [4.78, 5) is 20.8. The Morgan fingerprint density at radius 1 is 0.708 bits per heavy atom. The molecule has 0 saturated carbocycles. The Morgan fingerprint density at radius 3 is 1.29 bits per heavy atom. The number of para-hydroxylation sites is 2. The van der Waals surface area contributed by atoms with Crippen molar-refractivity contribution in [1.29, 1.82) is 0 Å². The number of Topliss-reactive ketones (excluding diaryl/α,β-unsaturated/α-hetero) is 1. The Hall–Kier alpha value is -1.97. The molecular formula is C19H18Cl2N2O. The van der Waals surface area contributed by atoms with E-state index in [1.54, 1.807) is 0 Å². The summed E-state index contributed by atoms with van der Waals surface area (Å²) in [6, 6.07) is 11.5. The standard InChI is InChI=1S/C19H18Cl2N2O/c1-11-7-5-8-12(2)15(11)22-18(20)17(24)19(21)23-16-13(3)9-6-10-14(16)4/h5-10H,1-4H3. The zero-order valence-electron chi connectivity index (χ0n) is 14.0. The number of carbonyl (C=O) groups excluding carboxylic acids is 1. The number of nitrogens with zero attached hydrogens (tertiary/aromatic N) is 2. The highest BCUT2D eigenvalue weighted by Crippen LogP contribution is 2.26. The predicted molar refractivity (Wildman–Crippen MR) is 103 cm³/mol. The van der Waals surface area contributed by atoms with Crippen molar-refractivity contribution < 1.29 is 4.79 Å². The molecule has 0 saturated heterocycles. The fraction of sp³-hybridized carbons (Fsp3) is 0.211. The molecule has 0 aliphatic carbocycles. The van der Waals surface area contributed by atoms with Crippen LogP contribution in [0.5, 0.6) is 0 Å². The molecule has 0 fully saturated rings. The van der Waals surface area contributed by atoms with E-state index in [1.165, 1.54) is 0 Å². The second kappa shape index (κ2) is 7.73. The number of aliphatic imine (C=N–C) groups is 2. The van der Waals surface area contributed by atoms with Crippen LogP contribution in [0.25, 0.3) is 0 Å². The molecule has 0 bridgehead atoms. The molecule has 124 valence electrons. The molecule has 2 aromatic carbocycles. The van der Waals surface area contributed by atoms with Gasteiger partial charge < -0.3 is 0 Å². The molecule has 24 heavy (non-hydrogen) atoms. The maximum atomic E-state index is 12.4. The number of aryl methyl sites for hydroxylation is 4. The second-order valence-electron chi connectivity index (χ2n) is 5.62. The molecule has 0 aromatic heterocycles. The molecule has 0 atom stereocenters. The maximum absolute atomic E-state index is 12.4. The maximum Gasteiger partial charge on any atom is 0.252 e. The first-order valence-electron chi connectivity index (χ1n) is 7.46. The van der Waals surface area contributed by atoms with Crippen LogP contribution in [-0.4, -0.2) is 16.1 Å². The molecule has 0 spiro atoms. The Kier molecular flexibility index (Phi) is 5.92. The molecular weight excluding hydrogens is 343 g/mol. The summed E-state index contributed by atoms with van der Waals surface area (Å²) < 4.78 is 0. The highest BCUT2D eigenvalue weighted by Gasteiger charge is 2.17. The average Bonchev–Trinajstić information content (AvgIpc) is 2.53. The number of rotatable bonds is 4. The number of halogens is 2. The minimum Gasteiger partial charge on any atom is -0.283 e. The van der Waals surface area contributed by atoms with E-state index >= 15 is 0 Å². The van der Waals surface area contributed by atoms with E-state index in [0.717, 1.165) is 22.3 Å². The SMILES string of the molecule is Cc1cccc(C)c1N=C(Cl)C(=O)C(Cl)=Nc1c(C)cccc1C. The second-order valence-corrected chi connectivity index (χ2v) is 6.33. The van der Waals surface area contributed by atoms with Crippen LogP contribution < -0.4 is 0 Å². The molecule has 0 unspecified atom stereocenters. The topological polar surface area (TPSA) is 41.8 Å². The van der Waals surface area contributed by atoms with Gasteiger partial charge in [0.2, 0.25) is 0 Å². The lowest BCUT2D eigenvalue weighted by Crippen LogP contribution is -2.15. The van der Waals surface area contributed by atoms with E-state index in [2.05, 4.69) is 9.98 Å². The van der Waals surface area contributed by atoms with Crippen LogP contribution in [0, 0.1) is 27.7 Å². The van der Waals surface area contributed by atoms with E-state index in [0.29, 0.717) is 11.4 Å². The van der Waals surface area contributed by atoms with Gasteiger partial charge in [0, 0.05) is 0 Å². The van der Waals surface area contributed by atoms with Gasteiger partial charge in [-0.3, -0.25) is 4.79 Å². The van der Waals surface area contributed by atoms with Crippen molar-refractivity contribution in [1.82, 2.24) is 0 Å². The molecule has 2 rings (SSSR count). The molecule has 0 radical (unpaired) electrons. The van der Waals surface area contributed by atoms with Crippen molar-refractivity contribution in [2.24, 2.45) is 9.98 Å². The smallest absolute Gasteiger partial charge is 0.252 e. The van der Waals surface area contributed by atoms with Crippen molar-refractivity contribution >= 4 is 50.7 Å². The summed E-state index contributed by atoms with van der Waals surface area (Å²) in [5.74, 6) is -0.594. The van der Waals surface area contributed by atoms with E-state index in [4.69, 9.17) is 23.2 Å². The van der Waals surface area contributed by atoms with Gasteiger partial charge in [0.05, 0.1) is 11.4 Å². The van der Waals surface area contributed by atoms with Gasteiger partial charge in [-0.1, -0.05) is 59.6 Å². The third-order valence-electron chi connectivity index (χ3n) is 3.67. The largest absolute Gasteiger partial charge is 0.283 e. The quantitative estimate of drug-likeness (QED) is 0.642. The van der Waals surface area contributed by atoms with Crippen molar-refractivity contribution in [2.75, 3.05) is 0 Å². The van der Waals surface area contributed by atoms with Gasteiger partial charge >= 0.3 is 0 Å². The molecule has 5 heteroatoms. The van der Waals surface area contributed by atoms with Gasteiger partial charge in [0.25, 0.3) is 5.78 Å². The summed E-state index contributed by atoms with van der Waals surface area (Å²) in [5.41, 5.74) is 5.08. The first-order valence-corrected chi connectivity index (χ1v) is 8.22. The molecule has 0 N–H and O–H groups in total. The highest BCUT2D eigenvalue weighted by molar-refractivity contribution is 7.02. The Balaban J connectivity index is 2.37. The van der Waals surface area contributed by atoms with Crippen molar-refractivity contribution in [3.8, 4) is 0 Å². The highest BCUT2D eigenvalue weighted by atomic mass is 35.5. The first kappa shape index (κ1) is 18.4. The molecule has 0 heterocycles. The van der Waals surface area contributed by atoms with Gasteiger partial charge in [-0.2, -0.15) is 0 Å². The van der Waals surface area contributed by atoms with E-state index in [1.807, 2.05) is 64.1 Å². The van der Waals surface area contributed by atoms with Crippen LogP contribution in [0.4, 0.5) is 11.4 Å². The van der Waals surface area contributed by atoms with Crippen LogP contribution in [0.15, 0.2) is 46.4 Å². The van der Waals surface area contributed by atoms with Crippen molar-refractivity contribution in [2.45, 2.75) is 27.7 Å². The van der Waals surface area contributed by atoms with Gasteiger partial charge in [0.15, 0.2) is 10.3 Å². The monoisotopic (exact) mass is 360 g/mol. The van der Waals surface area contributed by atoms with Crippen LogP contribution >= 0.6 is 23.2 Å². The number of benzene rings is 2. The minimum absolute atomic E-state index is 0.201. The van der Waals surface area contributed by atoms with E-state index in [9.17, 15) is 4.79 Å². The van der Waals surface area contributed by atoms with Crippen LogP contribution in [0.1, 0.15) is 22.3 Å². The summed E-state index contributed by atoms with van der Waals surface area (Å²) >= 11 is 12.2. The fourth-order valence-corrected chi connectivity index (χ4v) is 2.74. The van der Waals surface area contributed by atoms with E-state index in [-0.39, 0.29) is 10.3 Å². The lowest BCUT2D eigenvalue weighted by molar-refractivity contribution is -0.107. The third-order valence-corrected chi connectivity index (χ3v) is 4.19. The van der Waals surface area contributed by atoms with Gasteiger partial charge in [-0.25, -0.2) is 9.98 Å². The molecule has 3 nitrogen and oxygen atoms in total. The minimum atomic E-state index is -0.594. The predicted octanol–water partition coefficient (Wildman–Crippen LogP) is 5.73. The number of carbonyl (C=O) groups is 1. The van der Waals surface area contributed by atoms with Gasteiger partial charge in [-0.05, 0) is 49.9 Å². The fourth-order valence-electron chi connectivity index (χ4n) is 2.35. The normalized spacial score (nSPS) is 12.4. The summed E-state index contributed by atoms with van der Waals surface area (Å²) in [6.45, 7) is 7.64. The molecule has 0 aliphatic heterocycles. The number of hydrogen-bond acceptors (Lipinski definition) is 3. The van der Waals surface area contributed by atoms with Gasteiger partial charge in [-0.15, -0.1) is 0 Å². The van der Waals surface area contributed by atoms with E-state index < -0.39 is 5.78 Å². The number of hydrogen-bond donors (Lipinski definition) is 0. The zero-order valence-corrected chi connectivity index (χ0v) is 15.5. The van der Waals surface area contributed by atoms with Crippen LogP contribution in [0.3, 0.4) is 0 Å². The van der Waals surface area contributed by atoms with Gasteiger partial charge in [0.1, 0.15) is 0 Å². The van der Waals surface area contributed by atoms with Crippen molar-refractivity contribution in [3.63, 3.8) is 0 Å². The third kappa shape index (κ3) is 4.11. The summed E-state index contributed by atoms with van der Waals surface area (Å²) in [7, 11) is 0. The zero-order chi connectivity index (χ0) is 17.9. The first-order chi connectivity index (χ1) is 11.3. The number of ketones is 1. The summed E-state index contributed by atoms with van der Waals surface area (Å²) in [5, 5.41) is -0.403. The summed E-state index contributed by atoms with van der Waals surface area (Å²) in [6.07, 6.45) is 0. The van der Waals surface area contributed by atoms with Crippen LogP contribution in [-0.2, 0) is 4.79 Å². The molecule has 0 amide bonds. The Bertz CT molecular complexity index is 744. The molecule has 0 aliphatic rings. The van der Waals surface area contributed by atoms with Crippen molar-refractivity contribution in [3.05, 3.63) is 58.7 Å². The molecule has 2 aromatic rings. The van der Waals surface area contributed by atoms with Crippen LogP contribution in [0.2, 0.25) is 0 Å².